The Balaban J connectivity index is 1.78. The number of benzene rings is 1. The molecular weight excluding hydrogens is 250 g/mol. The summed E-state index contributed by atoms with van der Waals surface area (Å²) in [5.41, 5.74) is 3.85. The van der Waals surface area contributed by atoms with Crippen LogP contribution >= 0.6 is 0 Å². The lowest BCUT2D eigenvalue weighted by atomic mass is 9.90. The van der Waals surface area contributed by atoms with Crippen molar-refractivity contribution < 1.29 is 9.47 Å². The van der Waals surface area contributed by atoms with Gasteiger partial charge in [-0.05, 0) is 48.6 Å². The molecule has 104 valence electrons. The second-order valence-electron chi connectivity index (χ2n) is 5.34. The van der Waals surface area contributed by atoms with Gasteiger partial charge in [0.1, 0.15) is 0 Å². The number of ether oxygens (including phenoxy) is 2. The van der Waals surface area contributed by atoms with E-state index >= 15 is 0 Å². The van der Waals surface area contributed by atoms with Crippen LogP contribution in [0.5, 0.6) is 11.5 Å². The Kier molecular flexibility index (Phi) is 3.59. The third-order valence-electron chi connectivity index (χ3n) is 3.91. The molecule has 1 atom stereocenters. The first-order valence-electron chi connectivity index (χ1n) is 6.96. The van der Waals surface area contributed by atoms with Crippen LogP contribution in [0.2, 0.25) is 0 Å². The summed E-state index contributed by atoms with van der Waals surface area (Å²) in [5.74, 6) is 2.24. The minimum atomic E-state index is 0.498. The highest BCUT2D eigenvalue weighted by Gasteiger charge is 2.23. The van der Waals surface area contributed by atoms with Gasteiger partial charge in [0.05, 0.1) is 13.7 Å². The second kappa shape index (κ2) is 5.53. The molecule has 0 saturated heterocycles. The van der Waals surface area contributed by atoms with Crippen LogP contribution in [0.3, 0.4) is 0 Å². The fraction of sp³-hybridized carbons (Fsp3) is 0.353. The number of fused-ring (bicyclic) bond motifs is 1. The minimum Gasteiger partial charge on any atom is -0.493 e. The zero-order chi connectivity index (χ0) is 13.9. The Hall–Kier alpha value is -2.03. The van der Waals surface area contributed by atoms with E-state index in [0.29, 0.717) is 5.92 Å². The first-order valence-corrected chi connectivity index (χ1v) is 6.96. The summed E-state index contributed by atoms with van der Waals surface area (Å²) >= 11 is 0. The number of hydrogen-bond donors (Lipinski definition) is 0. The number of para-hydroxylation sites is 1. The predicted molar refractivity (Wildman–Crippen MR) is 78.4 cm³/mol. The van der Waals surface area contributed by atoms with E-state index in [1.807, 2.05) is 24.5 Å². The lowest BCUT2D eigenvalue weighted by Gasteiger charge is -2.26. The minimum absolute atomic E-state index is 0.498. The van der Waals surface area contributed by atoms with E-state index in [-0.39, 0.29) is 0 Å². The van der Waals surface area contributed by atoms with Gasteiger partial charge in [-0.2, -0.15) is 0 Å². The fourth-order valence-electron chi connectivity index (χ4n) is 2.77. The molecule has 3 rings (SSSR count). The molecule has 0 aliphatic carbocycles. The van der Waals surface area contributed by atoms with Crippen LogP contribution in [0, 0.1) is 12.8 Å². The Bertz CT molecular complexity index is 610. The van der Waals surface area contributed by atoms with Gasteiger partial charge in [0.25, 0.3) is 0 Å². The van der Waals surface area contributed by atoms with Crippen molar-refractivity contribution in [3.8, 4) is 11.5 Å². The van der Waals surface area contributed by atoms with E-state index in [1.54, 1.807) is 7.11 Å². The third kappa shape index (κ3) is 2.48. The van der Waals surface area contributed by atoms with Gasteiger partial charge in [0.15, 0.2) is 11.5 Å². The van der Waals surface area contributed by atoms with Crippen LogP contribution in [-0.2, 0) is 12.8 Å². The van der Waals surface area contributed by atoms with Gasteiger partial charge in [0, 0.05) is 18.3 Å². The molecule has 0 spiro atoms. The van der Waals surface area contributed by atoms with Gasteiger partial charge in [-0.25, -0.2) is 0 Å². The highest BCUT2D eigenvalue weighted by atomic mass is 16.5. The lowest BCUT2D eigenvalue weighted by Crippen LogP contribution is -2.23. The number of rotatable bonds is 3. The molecule has 3 nitrogen and oxygen atoms in total. The van der Waals surface area contributed by atoms with E-state index in [1.165, 1.54) is 16.7 Å². The summed E-state index contributed by atoms with van der Waals surface area (Å²) in [6, 6.07) is 8.17. The SMILES string of the molecule is COc1cccc2c1OCC(Cc1cnccc1C)C2. The summed E-state index contributed by atoms with van der Waals surface area (Å²) < 4.78 is 11.3. The molecule has 0 radical (unpaired) electrons. The van der Waals surface area contributed by atoms with E-state index in [2.05, 4.69) is 24.0 Å². The Labute approximate surface area is 119 Å². The van der Waals surface area contributed by atoms with Crippen molar-refractivity contribution in [3.63, 3.8) is 0 Å². The normalized spacial score (nSPS) is 17.2. The monoisotopic (exact) mass is 269 g/mol. The third-order valence-corrected chi connectivity index (χ3v) is 3.91. The lowest BCUT2D eigenvalue weighted by molar-refractivity contribution is 0.211. The molecule has 0 N–H and O–H groups in total. The summed E-state index contributed by atoms with van der Waals surface area (Å²) in [4.78, 5) is 4.22. The summed E-state index contributed by atoms with van der Waals surface area (Å²) in [6.45, 7) is 2.87. The van der Waals surface area contributed by atoms with Crippen molar-refractivity contribution in [3.05, 3.63) is 53.3 Å². The summed E-state index contributed by atoms with van der Waals surface area (Å²) in [6.07, 6.45) is 5.85. The van der Waals surface area contributed by atoms with Crippen molar-refractivity contribution in [1.82, 2.24) is 4.98 Å². The molecule has 3 heteroatoms. The molecule has 0 fully saturated rings. The van der Waals surface area contributed by atoms with Crippen molar-refractivity contribution in [1.29, 1.82) is 0 Å². The number of methoxy groups -OCH3 is 1. The number of aryl methyl sites for hydroxylation is 1. The number of nitrogens with zero attached hydrogens (tertiary/aromatic N) is 1. The van der Waals surface area contributed by atoms with Crippen LogP contribution in [0.1, 0.15) is 16.7 Å². The van der Waals surface area contributed by atoms with Crippen LogP contribution in [0.25, 0.3) is 0 Å². The van der Waals surface area contributed by atoms with Crippen molar-refractivity contribution in [2.24, 2.45) is 5.92 Å². The number of hydrogen-bond acceptors (Lipinski definition) is 3. The highest BCUT2D eigenvalue weighted by Crippen LogP contribution is 2.36. The van der Waals surface area contributed by atoms with Gasteiger partial charge >= 0.3 is 0 Å². The number of aromatic nitrogens is 1. The van der Waals surface area contributed by atoms with Crippen molar-refractivity contribution in [2.75, 3.05) is 13.7 Å². The maximum Gasteiger partial charge on any atom is 0.164 e. The molecule has 0 amide bonds. The van der Waals surface area contributed by atoms with Gasteiger partial charge in [-0.1, -0.05) is 12.1 Å². The summed E-state index contributed by atoms with van der Waals surface area (Å²) in [5, 5.41) is 0. The standard InChI is InChI=1S/C17H19NO2/c1-12-6-7-18-10-15(12)9-13-8-14-4-3-5-16(19-2)17(14)20-11-13/h3-7,10,13H,8-9,11H2,1-2H3. The molecule has 0 saturated carbocycles. The maximum atomic E-state index is 5.92. The molecule has 1 unspecified atom stereocenters. The van der Waals surface area contributed by atoms with Crippen LogP contribution in [0.4, 0.5) is 0 Å². The highest BCUT2D eigenvalue weighted by molar-refractivity contribution is 5.47. The second-order valence-corrected chi connectivity index (χ2v) is 5.34. The van der Waals surface area contributed by atoms with Gasteiger partial charge in [0.2, 0.25) is 0 Å². The van der Waals surface area contributed by atoms with E-state index in [4.69, 9.17) is 9.47 Å². The van der Waals surface area contributed by atoms with Crippen molar-refractivity contribution in [2.45, 2.75) is 19.8 Å². The molecule has 1 aromatic heterocycles. The first-order chi connectivity index (χ1) is 9.78. The topological polar surface area (TPSA) is 31.4 Å². The van der Waals surface area contributed by atoms with E-state index in [9.17, 15) is 0 Å². The van der Waals surface area contributed by atoms with Crippen LogP contribution in [0.15, 0.2) is 36.7 Å². The average Bonchev–Trinajstić information content (AvgIpc) is 2.49. The zero-order valence-corrected chi connectivity index (χ0v) is 11.9. The molecule has 0 bridgehead atoms. The Morgan fingerprint density at radius 1 is 1.35 bits per heavy atom. The zero-order valence-electron chi connectivity index (χ0n) is 11.9. The molecule has 1 aliphatic heterocycles. The molecular formula is C17H19NO2. The quantitative estimate of drug-likeness (QED) is 0.857. The van der Waals surface area contributed by atoms with E-state index < -0.39 is 0 Å². The van der Waals surface area contributed by atoms with E-state index in [0.717, 1.165) is 30.9 Å². The molecule has 1 aliphatic rings. The molecule has 20 heavy (non-hydrogen) atoms. The molecule has 2 heterocycles. The largest absolute Gasteiger partial charge is 0.493 e. The predicted octanol–water partition coefficient (Wildman–Crippen LogP) is 3.19. The Morgan fingerprint density at radius 2 is 2.25 bits per heavy atom. The van der Waals surface area contributed by atoms with Gasteiger partial charge in [-0.3, -0.25) is 4.98 Å². The van der Waals surface area contributed by atoms with Crippen LogP contribution < -0.4 is 9.47 Å². The molecule has 2 aromatic rings. The summed E-state index contributed by atoms with van der Waals surface area (Å²) in [7, 11) is 1.68. The Morgan fingerprint density at radius 3 is 3.05 bits per heavy atom. The maximum absolute atomic E-state index is 5.92. The smallest absolute Gasteiger partial charge is 0.164 e. The van der Waals surface area contributed by atoms with Gasteiger partial charge < -0.3 is 9.47 Å². The van der Waals surface area contributed by atoms with Crippen molar-refractivity contribution >= 4 is 0 Å². The number of pyridine rings is 1. The average molecular weight is 269 g/mol. The van der Waals surface area contributed by atoms with Crippen LogP contribution in [-0.4, -0.2) is 18.7 Å². The first kappa shape index (κ1) is 13.0. The molecule has 1 aromatic carbocycles. The fourth-order valence-corrected chi connectivity index (χ4v) is 2.77. The van der Waals surface area contributed by atoms with Gasteiger partial charge in [-0.15, -0.1) is 0 Å².